The second-order valence-corrected chi connectivity index (χ2v) is 7.92. The number of rotatable bonds is 7. The van der Waals surface area contributed by atoms with Crippen molar-refractivity contribution in [3.8, 4) is 11.5 Å². The predicted octanol–water partition coefficient (Wildman–Crippen LogP) is 5.87. The molecule has 0 heterocycles. The molecule has 3 heteroatoms. The van der Waals surface area contributed by atoms with Crippen LogP contribution in [0.25, 0.3) is 0 Å². The zero-order valence-electron chi connectivity index (χ0n) is 16.5. The summed E-state index contributed by atoms with van der Waals surface area (Å²) in [6, 6.07) is 15.8. The van der Waals surface area contributed by atoms with Crippen LogP contribution in [-0.4, -0.2) is 12.6 Å². The summed E-state index contributed by atoms with van der Waals surface area (Å²) < 4.78 is 11.1. The van der Waals surface area contributed by atoms with E-state index in [1.165, 1.54) is 11.1 Å². The molecule has 0 spiro atoms. The molecule has 26 heavy (non-hydrogen) atoms. The molecule has 0 bridgehead atoms. The third-order valence-corrected chi connectivity index (χ3v) is 4.29. The van der Waals surface area contributed by atoms with E-state index in [2.05, 4.69) is 46.8 Å². The Hall–Kier alpha value is -2.29. The summed E-state index contributed by atoms with van der Waals surface area (Å²) in [6.45, 7) is 11.3. The molecule has 0 atom stereocenters. The van der Waals surface area contributed by atoms with E-state index in [4.69, 9.17) is 9.47 Å². The molecule has 0 saturated carbocycles. The van der Waals surface area contributed by atoms with Crippen LogP contribution in [0.3, 0.4) is 0 Å². The summed E-state index contributed by atoms with van der Waals surface area (Å²) in [4.78, 5) is 11.9. The molecule has 0 aliphatic heterocycles. The SMILES string of the molecule is CC(C)c1ccc(OCCCC(=O)Oc2ccc(C(C)(C)C)cc2)cc1. The van der Waals surface area contributed by atoms with Crippen LogP contribution in [0.2, 0.25) is 0 Å². The van der Waals surface area contributed by atoms with Gasteiger partial charge in [-0.2, -0.15) is 0 Å². The number of carbonyl (C=O) groups is 1. The molecule has 0 unspecified atom stereocenters. The van der Waals surface area contributed by atoms with E-state index >= 15 is 0 Å². The summed E-state index contributed by atoms with van der Waals surface area (Å²) in [5, 5.41) is 0. The third-order valence-electron chi connectivity index (χ3n) is 4.29. The van der Waals surface area contributed by atoms with Crippen LogP contribution in [0.5, 0.6) is 11.5 Å². The Morgan fingerprint density at radius 3 is 2.04 bits per heavy atom. The van der Waals surface area contributed by atoms with Gasteiger partial charge in [0.15, 0.2) is 0 Å². The average molecular weight is 354 g/mol. The van der Waals surface area contributed by atoms with Gasteiger partial charge in [0.1, 0.15) is 11.5 Å². The molecule has 0 N–H and O–H groups in total. The largest absolute Gasteiger partial charge is 0.494 e. The highest BCUT2D eigenvalue weighted by Gasteiger charge is 2.13. The molecule has 3 nitrogen and oxygen atoms in total. The molecule has 140 valence electrons. The highest BCUT2D eigenvalue weighted by Crippen LogP contribution is 2.24. The van der Waals surface area contributed by atoms with E-state index < -0.39 is 0 Å². The fourth-order valence-electron chi connectivity index (χ4n) is 2.56. The van der Waals surface area contributed by atoms with Crippen molar-refractivity contribution in [1.29, 1.82) is 0 Å². The summed E-state index contributed by atoms with van der Waals surface area (Å²) in [6.07, 6.45) is 0.968. The first kappa shape index (κ1) is 20.0. The second-order valence-electron chi connectivity index (χ2n) is 7.92. The summed E-state index contributed by atoms with van der Waals surface area (Å²) in [5.41, 5.74) is 2.60. The molecule has 2 aromatic rings. The van der Waals surface area contributed by atoms with Crippen LogP contribution in [-0.2, 0) is 10.2 Å². The molecule has 0 saturated heterocycles. The van der Waals surface area contributed by atoms with E-state index in [9.17, 15) is 4.79 Å². The van der Waals surface area contributed by atoms with Crippen LogP contribution < -0.4 is 9.47 Å². The van der Waals surface area contributed by atoms with Gasteiger partial charge in [0.2, 0.25) is 0 Å². The monoisotopic (exact) mass is 354 g/mol. The van der Waals surface area contributed by atoms with Crippen molar-refractivity contribution in [1.82, 2.24) is 0 Å². The quantitative estimate of drug-likeness (QED) is 0.354. The van der Waals surface area contributed by atoms with Crippen LogP contribution in [0.1, 0.15) is 64.5 Å². The molecule has 0 aliphatic carbocycles. The number of esters is 1. The Labute approximate surface area is 157 Å². The van der Waals surface area contributed by atoms with Crippen LogP contribution in [0.15, 0.2) is 48.5 Å². The van der Waals surface area contributed by atoms with Crippen molar-refractivity contribution >= 4 is 5.97 Å². The first-order valence-corrected chi connectivity index (χ1v) is 9.29. The van der Waals surface area contributed by atoms with Gasteiger partial charge in [0, 0.05) is 6.42 Å². The Morgan fingerprint density at radius 1 is 0.923 bits per heavy atom. The highest BCUT2D eigenvalue weighted by molar-refractivity contribution is 5.72. The lowest BCUT2D eigenvalue weighted by atomic mass is 9.87. The van der Waals surface area contributed by atoms with Crippen LogP contribution >= 0.6 is 0 Å². The zero-order valence-corrected chi connectivity index (χ0v) is 16.5. The van der Waals surface area contributed by atoms with Crippen molar-refractivity contribution in [2.75, 3.05) is 6.61 Å². The molecule has 0 aromatic heterocycles. The smallest absolute Gasteiger partial charge is 0.311 e. The molecule has 0 amide bonds. The second kappa shape index (κ2) is 8.88. The number of hydrogen-bond acceptors (Lipinski definition) is 3. The summed E-state index contributed by atoms with van der Waals surface area (Å²) in [5.74, 6) is 1.71. The molecule has 0 aliphatic rings. The molecule has 2 aromatic carbocycles. The predicted molar refractivity (Wildman–Crippen MR) is 106 cm³/mol. The van der Waals surface area contributed by atoms with Crippen molar-refractivity contribution in [2.24, 2.45) is 0 Å². The van der Waals surface area contributed by atoms with Crippen molar-refractivity contribution in [2.45, 2.75) is 58.8 Å². The minimum absolute atomic E-state index is 0.0905. The van der Waals surface area contributed by atoms with E-state index in [0.717, 1.165) is 5.75 Å². The number of benzene rings is 2. The summed E-state index contributed by atoms with van der Waals surface area (Å²) in [7, 11) is 0. The Bertz CT molecular complexity index is 692. The minimum Gasteiger partial charge on any atom is -0.494 e. The van der Waals surface area contributed by atoms with E-state index in [1.807, 2.05) is 36.4 Å². The molecular formula is C23H30O3. The number of carbonyl (C=O) groups excluding carboxylic acids is 1. The lowest BCUT2D eigenvalue weighted by Gasteiger charge is -2.19. The Balaban J connectivity index is 1.72. The van der Waals surface area contributed by atoms with Crippen molar-refractivity contribution in [3.05, 3.63) is 59.7 Å². The van der Waals surface area contributed by atoms with Gasteiger partial charge < -0.3 is 9.47 Å². The van der Waals surface area contributed by atoms with Gasteiger partial charge in [-0.1, -0.05) is 58.9 Å². The number of ether oxygens (including phenoxy) is 2. The zero-order chi connectivity index (χ0) is 19.2. The molecule has 2 rings (SSSR count). The van der Waals surface area contributed by atoms with Gasteiger partial charge in [0.25, 0.3) is 0 Å². The molecular weight excluding hydrogens is 324 g/mol. The molecule has 0 fully saturated rings. The maximum atomic E-state index is 11.9. The summed E-state index contributed by atoms with van der Waals surface area (Å²) >= 11 is 0. The van der Waals surface area contributed by atoms with Crippen molar-refractivity contribution in [3.63, 3.8) is 0 Å². The number of hydrogen-bond donors (Lipinski definition) is 0. The van der Waals surface area contributed by atoms with Crippen LogP contribution in [0.4, 0.5) is 0 Å². The van der Waals surface area contributed by atoms with Gasteiger partial charge in [-0.05, 0) is 53.1 Å². The first-order valence-electron chi connectivity index (χ1n) is 9.29. The van der Waals surface area contributed by atoms with E-state index in [1.54, 1.807) is 0 Å². The topological polar surface area (TPSA) is 35.5 Å². The average Bonchev–Trinajstić information content (AvgIpc) is 2.59. The lowest BCUT2D eigenvalue weighted by Crippen LogP contribution is -2.12. The van der Waals surface area contributed by atoms with Gasteiger partial charge in [-0.15, -0.1) is 0 Å². The maximum absolute atomic E-state index is 11.9. The fraction of sp³-hybridized carbons (Fsp3) is 0.435. The lowest BCUT2D eigenvalue weighted by molar-refractivity contribution is -0.134. The maximum Gasteiger partial charge on any atom is 0.311 e. The van der Waals surface area contributed by atoms with Gasteiger partial charge in [-0.25, -0.2) is 0 Å². The Kier molecular flexibility index (Phi) is 6.84. The highest BCUT2D eigenvalue weighted by atomic mass is 16.5. The van der Waals surface area contributed by atoms with Gasteiger partial charge >= 0.3 is 5.97 Å². The van der Waals surface area contributed by atoms with E-state index in [0.29, 0.717) is 31.1 Å². The minimum atomic E-state index is -0.229. The van der Waals surface area contributed by atoms with Gasteiger partial charge in [0.05, 0.1) is 6.61 Å². The third kappa shape index (κ3) is 6.21. The Morgan fingerprint density at radius 2 is 1.50 bits per heavy atom. The van der Waals surface area contributed by atoms with Crippen molar-refractivity contribution < 1.29 is 14.3 Å². The standard InChI is InChI=1S/C23H30O3/c1-17(2)18-8-12-20(13-9-18)25-16-6-7-22(24)26-21-14-10-19(11-15-21)23(3,4)5/h8-15,17H,6-7,16H2,1-5H3. The first-order chi connectivity index (χ1) is 12.3. The van der Waals surface area contributed by atoms with Crippen LogP contribution in [0, 0.1) is 0 Å². The normalized spacial score (nSPS) is 11.5. The molecule has 0 radical (unpaired) electrons. The van der Waals surface area contributed by atoms with E-state index in [-0.39, 0.29) is 11.4 Å². The van der Waals surface area contributed by atoms with Gasteiger partial charge in [-0.3, -0.25) is 4.79 Å². The fourth-order valence-corrected chi connectivity index (χ4v) is 2.56.